The molecule has 8 heteroatoms. The molecule has 1 N–H and O–H groups in total. The Balaban J connectivity index is 1.57. The number of rotatable bonds is 9. The van der Waals surface area contributed by atoms with Crippen LogP contribution in [0.25, 0.3) is 5.69 Å². The SMILES string of the molecule is CC(Sc1nnc(C(C)Oc2ccc(C(C)C)cc2)n1-c1ccccc1)C(=O)Nc1ccccc1F. The lowest BCUT2D eigenvalue weighted by atomic mass is 10.0. The highest BCUT2D eigenvalue weighted by atomic mass is 32.2. The number of hydrogen-bond acceptors (Lipinski definition) is 5. The minimum Gasteiger partial charge on any atom is -0.483 e. The molecule has 1 amide bonds. The third-order valence-electron chi connectivity index (χ3n) is 5.68. The fraction of sp³-hybridized carbons (Fsp3) is 0.250. The van der Waals surface area contributed by atoms with Crippen LogP contribution in [0.4, 0.5) is 10.1 Å². The largest absolute Gasteiger partial charge is 0.483 e. The Morgan fingerprint density at radius 3 is 2.25 bits per heavy atom. The highest BCUT2D eigenvalue weighted by molar-refractivity contribution is 8.00. The number of hydrogen-bond donors (Lipinski definition) is 1. The van der Waals surface area contributed by atoms with Crippen molar-refractivity contribution in [3.05, 3.63) is 96.1 Å². The molecule has 0 aliphatic carbocycles. The number of ether oxygens (including phenoxy) is 1. The van der Waals surface area contributed by atoms with Gasteiger partial charge in [0.25, 0.3) is 0 Å². The van der Waals surface area contributed by atoms with Gasteiger partial charge in [-0.1, -0.05) is 68.1 Å². The Labute approximate surface area is 214 Å². The smallest absolute Gasteiger partial charge is 0.237 e. The molecule has 4 aromatic rings. The number of benzene rings is 3. The predicted octanol–water partition coefficient (Wildman–Crippen LogP) is 6.79. The molecule has 0 spiro atoms. The number of anilines is 1. The van der Waals surface area contributed by atoms with Gasteiger partial charge in [-0.3, -0.25) is 9.36 Å². The fourth-order valence-corrected chi connectivity index (χ4v) is 4.51. The molecule has 0 radical (unpaired) electrons. The second-order valence-electron chi connectivity index (χ2n) is 8.72. The molecule has 0 saturated heterocycles. The lowest BCUT2D eigenvalue weighted by Gasteiger charge is -2.18. The quantitative estimate of drug-likeness (QED) is 0.254. The summed E-state index contributed by atoms with van der Waals surface area (Å²) in [6.45, 7) is 7.97. The number of carbonyl (C=O) groups is 1. The summed E-state index contributed by atoms with van der Waals surface area (Å²) < 4.78 is 22.1. The third kappa shape index (κ3) is 5.94. The molecule has 0 bridgehead atoms. The first kappa shape index (κ1) is 25.4. The van der Waals surface area contributed by atoms with Crippen LogP contribution in [0.15, 0.2) is 84.0 Å². The molecule has 36 heavy (non-hydrogen) atoms. The summed E-state index contributed by atoms with van der Waals surface area (Å²) in [4.78, 5) is 12.8. The molecule has 0 saturated carbocycles. The summed E-state index contributed by atoms with van der Waals surface area (Å²) in [6, 6.07) is 23.8. The van der Waals surface area contributed by atoms with Gasteiger partial charge in [0.1, 0.15) is 11.6 Å². The van der Waals surface area contributed by atoms with Gasteiger partial charge in [0.15, 0.2) is 17.1 Å². The van der Waals surface area contributed by atoms with Gasteiger partial charge in [0.05, 0.1) is 10.9 Å². The number of aromatic nitrogens is 3. The van der Waals surface area contributed by atoms with Gasteiger partial charge in [0.2, 0.25) is 5.91 Å². The van der Waals surface area contributed by atoms with Crippen molar-refractivity contribution in [2.75, 3.05) is 5.32 Å². The van der Waals surface area contributed by atoms with Crippen LogP contribution in [0.2, 0.25) is 0 Å². The number of carbonyl (C=O) groups excluding carboxylic acids is 1. The van der Waals surface area contributed by atoms with Gasteiger partial charge in [-0.25, -0.2) is 4.39 Å². The summed E-state index contributed by atoms with van der Waals surface area (Å²) in [7, 11) is 0. The molecular weight excluding hydrogens is 475 g/mol. The number of nitrogens with zero attached hydrogens (tertiary/aromatic N) is 3. The van der Waals surface area contributed by atoms with E-state index in [1.54, 1.807) is 19.1 Å². The van der Waals surface area contributed by atoms with Crippen LogP contribution in [0.5, 0.6) is 5.75 Å². The van der Waals surface area contributed by atoms with E-state index in [4.69, 9.17) is 4.74 Å². The molecule has 0 aliphatic heterocycles. The van der Waals surface area contributed by atoms with Crippen LogP contribution in [-0.4, -0.2) is 25.9 Å². The topological polar surface area (TPSA) is 69.0 Å². The van der Waals surface area contributed by atoms with E-state index in [1.165, 1.54) is 29.5 Å². The first-order valence-electron chi connectivity index (χ1n) is 11.8. The number of nitrogens with one attached hydrogen (secondary N) is 1. The van der Waals surface area contributed by atoms with Crippen molar-refractivity contribution in [1.82, 2.24) is 14.8 Å². The Bertz CT molecular complexity index is 1310. The maximum absolute atomic E-state index is 14.0. The second-order valence-corrected chi connectivity index (χ2v) is 10.0. The Morgan fingerprint density at radius 2 is 1.58 bits per heavy atom. The molecular formula is C28H29FN4O2S. The van der Waals surface area contributed by atoms with Crippen LogP contribution in [-0.2, 0) is 4.79 Å². The zero-order valence-corrected chi connectivity index (χ0v) is 21.5. The van der Waals surface area contributed by atoms with Crippen molar-refractivity contribution in [1.29, 1.82) is 0 Å². The van der Waals surface area contributed by atoms with Gasteiger partial charge in [-0.05, 0) is 61.7 Å². The summed E-state index contributed by atoms with van der Waals surface area (Å²) in [5.41, 5.74) is 2.24. The van der Waals surface area contributed by atoms with Crippen LogP contribution >= 0.6 is 11.8 Å². The average molecular weight is 505 g/mol. The Hall–Kier alpha value is -3.65. The molecule has 0 aliphatic rings. The zero-order chi connectivity index (χ0) is 25.7. The molecule has 1 heterocycles. The van der Waals surface area contributed by atoms with Crippen LogP contribution in [0, 0.1) is 5.82 Å². The van der Waals surface area contributed by atoms with Gasteiger partial charge >= 0.3 is 0 Å². The van der Waals surface area contributed by atoms with Crippen molar-refractivity contribution < 1.29 is 13.9 Å². The minimum atomic E-state index is -0.552. The van der Waals surface area contributed by atoms with E-state index in [1.807, 2.05) is 54.0 Å². The van der Waals surface area contributed by atoms with E-state index in [-0.39, 0.29) is 11.6 Å². The molecule has 1 aromatic heterocycles. The number of para-hydroxylation sites is 2. The lowest BCUT2D eigenvalue weighted by Crippen LogP contribution is -2.23. The number of amides is 1. The zero-order valence-electron chi connectivity index (χ0n) is 20.7. The highest BCUT2D eigenvalue weighted by Gasteiger charge is 2.25. The molecule has 4 rings (SSSR count). The summed E-state index contributed by atoms with van der Waals surface area (Å²) in [5.74, 6) is 0.975. The van der Waals surface area contributed by atoms with Crippen LogP contribution in [0.1, 0.15) is 51.1 Å². The normalized spacial score (nSPS) is 12.8. The van der Waals surface area contributed by atoms with E-state index in [0.29, 0.717) is 16.9 Å². The highest BCUT2D eigenvalue weighted by Crippen LogP contribution is 2.31. The van der Waals surface area contributed by atoms with Crippen molar-refractivity contribution in [2.24, 2.45) is 0 Å². The fourth-order valence-electron chi connectivity index (χ4n) is 3.64. The molecule has 0 fully saturated rings. The lowest BCUT2D eigenvalue weighted by molar-refractivity contribution is -0.115. The Kier molecular flexibility index (Phi) is 8.05. The molecule has 186 valence electrons. The van der Waals surface area contributed by atoms with Crippen molar-refractivity contribution in [3.63, 3.8) is 0 Å². The average Bonchev–Trinajstić information content (AvgIpc) is 3.29. The van der Waals surface area contributed by atoms with E-state index in [9.17, 15) is 9.18 Å². The first-order chi connectivity index (χ1) is 17.3. The van der Waals surface area contributed by atoms with E-state index in [2.05, 4.69) is 41.5 Å². The minimum absolute atomic E-state index is 0.144. The van der Waals surface area contributed by atoms with Gasteiger partial charge < -0.3 is 10.1 Å². The second kappa shape index (κ2) is 11.4. The third-order valence-corrected chi connectivity index (χ3v) is 6.72. The van der Waals surface area contributed by atoms with E-state index in [0.717, 1.165) is 11.4 Å². The maximum Gasteiger partial charge on any atom is 0.237 e. The summed E-state index contributed by atoms with van der Waals surface area (Å²) in [5, 5.41) is 11.4. The molecule has 2 unspecified atom stereocenters. The molecule has 6 nitrogen and oxygen atoms in total. The summed E-state index contributed by atoms with van der Waals surface area (Å²) >= 11 is 1.25. The van der Waals surface area contributed by atoms with Gasteiger partial charge in [-0.2, -0.15) is 0 Å². The van der Waals surface area contributed by atoms with E-state index < -0.39 is 17.2 Å². The van der Waals surface area contributed by atoms with Crippen LogP contribution in [0.3, 0.4) is 0 Å². The van der Waals surface area contributed by atoms with Gasteiger partial charge in [-0.15, -0.1) is 10.2 Å². The maximum atomic E-state index is 14.0. The standard InChI is InChI=1S/C28H29FN4O2S/c1-18(2)21-14-16-23(17-15-21)35-19(3)26-31-32-28(33(26)22-10-6-5-7-11-22)36-20(4)27(34)30-25-13-9-8-12-24(25)29/h5-20H,1-4H3,(H,30,34). The monoisotopic (exact) mass is 504 g/mol. The molecule has 2 atom stereocenters. The van der Waals surface area contributed by atoms with Gasteiger partial charge in [0, 0.05) is 5.69 Å². The molecule has 3 aromatic carbocycles. The number of thioether (sulfide) groups is 1. The predicted molar refractivity (Wildman–Crippen MR) is 141 cm³/mol. The summed E-state index contributed by atoms with van der Waals surface area (Å²) in [6.07, 6.45) is -0.403. The Morgan fingerprint density at radius 1 is 0.917 bits per heavy atom. The first-order valence-corrected chi connectivity index (χ1v) is 12.7. The van der Waals surface area contributed by atoms with Crippen molar-refractivity contribution in [2.45, 2.75) is 50.1 Å². The van der Waals surface area contributed by atoms with Crippen molar-refractivity contribution >= 4 is 23.4 Å². The van der Waals surface area contributed by atoms with Crippen LogP contribution < -0.4 is 10.1 Å². The van der Waals surface area contributed by atoms with Crippen molar-refractivity contribution in [3.8, 4) is 11.4 Å². The van der Waals surface area contributed by atoms with E-state index >= 15 is 0 Å². The number of halogens is 1.